The fourth-order valence-electron chi connectivity index (χ4n) is 4.27. The van der Waals surface area contributed by atoms with E-state index in [9.17, 15) is 4.79 Å². The molecule has 0 spiro atoms. The molecule has 1 rings (SSSR count). The largest absolute Gasteiger partial charge is 0.427 e. The van der Waals surface area contributed by atoms with Gasteiger partial charge in [-0.2, -0.15) is 0 Å². The lowest BCUT2D eigenvalue weighted by Gasteiger charge is -2.07. The summed E-state index contributed by atoms with van der Waals surface area (Å²) in [5.41, 5.74) is 1.05. The molecule has 0 aliphatic heterocycles. The summed E-state index contributed by atoms with van der Waals surface area (Å²) in [6.07, 6.45) is 25.7. The van der Waals surface area contributed by atoms with Crippen molar-refractivity contribution in [2.45, 2.75) is 149 Å². The minimum atomic E-state index is -0.156. The van der Waals surface area contributed by atoms with Crippen molar-refractivity contribution >= 4 is 15.0 Å². The van der Waals surface area contributed by atoms with Crippen LogP contribution in [0.2, 0.25) is 0 Å². The molecule has 0 amide bonds. The highest BCUT2D eigenvalue weighted by Gasteiger charge is 2.04. The van der Waals surface area contributed by atoms with E-state index in [0.717, 1.165) is 37.9 Å². The van der Waals surface area contributed by atoms with Crippen molar-refractivity contribution in [3.05, 3.63) is 29.8 Å². The molecule has 0 heterocycles. The zero-order valence-corrected chi connectivity index (χ0v) is 24.5. The van der Waals surface area contributed by atoms with E-state index in [1.165, 1.54) is 96.3 Å². The SMILES string of the molecule is CCCCCCCCCCCCCCCCCCOPOCc1ccc(OC(=O)CCCCC)cc1. The number of rotatable bonds is 26. The second-order valence-electron chi connectivity index (χ2n) is 10.1. The molecule has 0 saturated heterocycles. The number of carbonyl (C=O) groups is 1. The van der Waals surface area contributed by atoms with Crippen molar-refractivity contribution in [3.8, 4) is 5.75 Å². The molecule has 36 heavy (non-hydrogen) atoms. The van der Waals surface area contributed by atoms with Crippen molar-refractivity contribution in [1.29, 1.82) is 0 Å². The van der Waals surface area contributed by atoms with Gasteiger partial charge >= 0.3 is 5.97 Å². The zero-order valence-electron chi connectivity index (χ0n) is 23.5. The van der Waals surface area contributed by atoms with Crippen LogP contribution in [0.1, 0.15) is 148 Å². The van der Waals surface area contributed by atoms with E-state index in [4.69, 9.17) is 13.8 Å². The van der Waals surface area contributed by atoms with E-state index < -0.39 is 0 Å². The van der Waals surface area contributed by atoms with Crippen LogP contribution in [-0.4, -0.2) is 12.6 Å². The highest BCUT2D eigenvalue weighted by molar-refractivity contribution is 7.26. The maximum atomic E-state index is 11.8. The van der Waals surface area contributed by atoms with Gasteiger partial charge in [0.05, 0.1) is 13.2 Å². The van der Waals surface area contributed by atoms with E-state index in [1.54, 1.807) is 0 Å². The summed E-state index contributed by atoms with van der Waals surface area (Å²) in [6, 6.07) is 7.54. The molecular weight excluding hydrogens is 467 g/mol. The van der Waals surface area contributed by atoms with Crippen LogP contribution in [0.3, 0.4) is 0 Å². The van der Waals surface area contributed by atoms with E-state index in [-0.39, 0.29) is 15.0 Å². The van der Waals surface area contributed by atoms with Crippen molar-refractivity contribution in [1.82, 2.24) is 0 Å². The smallest absolute Gasteiger partial charge is 0.311 e. The molecular formula is C31H55O4P. The summed E-state index contributed by atoms with van der Waals surface area (Å²) in [6.45, 7) is 5.71. The lowest BCUT2D eigenvalue weighted by Crippen LogP contribution is -2.07. The van der Waals surface area contributed by atoms with E-state index in [0.29, 0.717) is 18.8 Å². The molecule has 0 aromatic heterocycles. The highest BCUT2D eigenvalue weighted by atomic mass is 31.1. The van der Waals surface area contributed by atoms with Gasteiger partial charge in [-0.1, -0.05) is 135 Å². The number of unbranched alkanes of at least 4 members (excludes halogenated alkanes) is 17. The van der Waals surface area contributed by atoms with E-state index >= 15 is 0 Å². The Balaban J connectivity index is 1.82. The van der Waals surface area contributed by atoms with Crippen LogP contribution in [0, 0.1) is 0 Å². The molecule has 0 N–H and O–H groups in total. The Bertz CT molecular complexity index is 605. The third-order valence-corrected chi connectivity index (χ3v) is 7.18. The average molecular weight is 523 g/mol. The summed E-state index contributed by atoms with van der Waals surface area (Å²) in [4.78, 5) is 11.8. The van der Waals surface area contributed by atoms with Crippen LogP contribution in [0.4, 0.5) is 0 Å². The van der Waals surface area contributed by atoms with Gasteiger partial charge in [0, 0.05) is 6.42 Å². The fourth-order valence-corrected chi connectivity index (χ4v) is 4.81. The molecule has 0 aliphatic rings. The molecule has 0 aliphatic carbocycles. The van der Waals surface area contributed by atoms with Crippen LogP contribution in [0.5, 0.6) is 5.75 Å². The number of hydrogen-bond donors (Lipinski definition) is 0. The van der Waals surface area contributed by atoms with Crippen molar-refractivity contribution in [3.63, 3.8) is 0 Å². The normalized spacial score (nSPS) is 11.5. The second-order valence-corrected chi connectivity index (χ2v) is 10.8. The van der Waals surface area contributed by atoms with Crippen molar-refractivity contribution < 1.29 is 18.6 Å². The monoisotopic (exact) mass is 522 g/mol. The highest BCUT2D eigenvalue weighted by Crippen LogP contribution is 2.20. The molecule has 0 fully saturated rings. The van der Waals surface area contributed by atoms with Crippen molar-refractivity contribution in [2.24, 2.45) is 0 Å². The quantitative estimate of drug-likeness (QED) is 0.0525. The molecule has 1 atom stereocenters. The molecule has 0 bridgehead atoms. The molecule has 0 radical (unpaired) electrons. The maximum absolute atomic E-state index is 11.8. The third kappa shape index (κ3) is 21.2. The summed E-state index contributed by atoms with van der Waals surface area (Å²) in [5, 5.41) is 0. The Labute approximate surface area is 224 Å². The van der Waals surface area contributed by atoms with Crippen LogP contribution >= 0.6 is 9.03 Å². The molecule has 1 aromatic carbocycles. The summed E-state index contributed by atoms with van der Waals surface area (Å²) < 4.78 is 16.6. The van der Waals surface area contributed by atoms with Crippen molar-refractivity contribution in [2.75, 3.05) is 6.61 Å². The predicted molar refractivity (Wildman–Crippen MR) is 155 cm³/mol. The first-order valence-electron chi connectivity index (χ1n) is 15.0. The predicted octanol–water partition coefficient (Wildman–Crippen LogP) is 10.5. The van der Waals surface area contributed by atoms with Gasteiger partial charge in [0.2, 0.25) is 0 Å². The zero-order chi connectivity index (χ0) is 25.9. The van der Waals surface area contributed by atoms with E-state index in [2.05, 4.69) is 13.8 Å². The molecule has 1 unspecified atom stereocenters. The minimum absolute atomic E-state index is 0.0763. The first-order valence-corrected chi connectivity index (χ1v) is 15.9. The fraction of sp³-hybridized carbons (Fsp3) is 0.774. The molecule has 5 heteroatoms. The van der Waals surface area contributed by atoms with Gasteiger partial charge in [-0.05, 0) is 30.5 Å². The first kappa shape index (κ1) is 33.1. The molecule has 4 nitrogen and oxygen atoms in total. The number of esters is 1. The Hall–Kier alpha value is -0.960. The minimum Gasteiger partial charge on any atom is -0.427 e. The van der Waals surface area contributed by atoms with Crippen LogP contribution in [-0.2, 0) is 20.4 Å². The first-order chi connectivity index (χ1) is 17.8. The number of hydrogen-bond acceptors (Lipinski definition) is 4. The second kappa shape index (κ2) is 25.7. The third-order valence-electron chi connectivity index (χ3n) is 6.60. The number of ether oxygens (including phenoxy) is 1. The van der Waals surface area contributed by atoms with Crippen LogP contribution in [0.15, 0.2) is 24.3 Å². The van der Waals surface area contributed by atoms with Gasteiger partial charge in [-0.25, -0.2) is 0 Å². The lowest BCUT2D eigenvalue weighted by atomic mass is 10.0. The standard InChI is InChI=1S/C31H55O4P/c1-3-5-7-8-9-10-11-12-13-14-15-16-17-18-19-21-27-33-36-34-28-29-23-25-30(26-24-29)35-31(32)22-20-6-4-2/h23-26,36H,3-22,27-28H2,1-2H3. The average Bonchev–Trinajstić information content (AvgIpc) is 2.88. The van der Waals surface area contributed by atoms with Gasteiger partial charge in [0.1, 0.15) is 5.75 Å². The summed E-state index contributed by atoms with van der Waals surface area (Å²) in [5.74, 6) is 0.443. The van der Waals surface area contributed by atoms with Gasteiger partial charge < -0.3 is 13.8 Å². The number of carbonyl (C=O) groups excluding carboxylic acids is 1. The Morgan fingerprint density at radius 3 is 1.61 bits per heavy atom. The molecule has 0 saturated carbocycles. The topological polar surface area (TPSA) is 44.8 Å². The van der Waals surface area contributed by atoms with Gasteiger partial charge in [0.15, 0.2) is 9.03 Å². The van der Waals surface area contributed by atoms with Crippen LogP contribution < -0.4 is 4.74 Å². The Kier molecular flexibility index (Phi) is 23.6. The van der Waals surface area contributed by atoms with Gasteiger partial charge in [0.25, 0.3) is 0 Å². The van der Waals surface area contributed by atoms with E-state index in [1.807, 2.05) is 24.3 Å². The molecule has 1 aromatic rings. The number of benzene rings is 1. The Morgan fingerprint density at radius 2 is 1.08 bits per heavy atom. The summed E-state index contributed by atoms with van der Waals surface area (Å²) in [7, 11) is 0.0763. The molecule has 208 valence electrons. The Morgan fingerprint density at radius 1 is 0.611 bits per heavy atom. The maximum Gasteiger partial charge on any atom is 0.311 e. The lowest BCUT2D eigenvalue weighted by molar-refractivity contribution is -0.134. The van der Waals surface area contributed by atoms with Gasteiger partial charge in [-0.3, -0.25) is 4.79 Å². The van der Waals surface area contributed by atoms with Gasteiger partial charge in [-0.15, -0.1) is 0 Å². The van der Waals surface area contributed by atoms with Crippen LogP contribution in [0.25, 0.3) is 0 Å². The summed E-state index contributed by atoms with van der Waals surface area (Å²) >= 11 is 0.